The predicted octanol–water partition coefficient (Wildman–Crippen LogP) is 5.24. The van der Waals surface area contributed by atoms with Crippen molar-refractivity contribution in [1.29, 1.82) is 0 Å². The molecule has 0 fully saturated rings. The van der Waals surface area contributed by atoms with Gasteiger partial charge in [0.2, 0.25) is 5.95 Å². The van der Waals surface area contributed by atoms with Gasteiger partial charge in [-0.25, -0.2) is 13.8 Å². The zero-order valence-corrected chi connectivity index (χ0v) is 11.3. The van der Waals surface area contributed by atoms with Crippen LogP contribution in [0, 0.1) is 18.6 Å². The lowest BCUT2D eigenvalue weighted by molar-refractivity contribution is 0.510. The van der Waals surface area contributed by atoms with Crippen molar-refractivity contribution < 1.29 is 8.78 Å². The lowest BCUT2D eigenvalue weighted by atomic mass is 10.3. The van der Waals surface area contributed by atoms with Gasteiger partial charge in [-0.1, -0.05) is 19.0 Å². The molecule has 1 aromatic carbocycles. The number of benzene rings is 1. The topological polar surface area (TPSA) is 40.7 Å². The van der Waals surface area contributed by atoms with Crippen molar-refractivity contribution in [3.63, 3.8) is 0 Å². The number of halogens is 3. The summed E-state index contributed by atoms with van der Waals surface area (Å²) in [5, 5.41) is 4.93. The average molecular weight is 316 g/mol. The predicted molar refractivity (Wildman–Crippen MR) is 80.1 cm³/mol. The number of aromatic amines is 1. The first-order chi connectivity index (χ1) is 9.04. The number of anilines is 2. The number of nitrogens with zero attached hydrogens (tertiary/aromatic N) is 1. The van der Waals surface area contributed by atoms with E-state index in [-0.39, 0.29) is 7.43 Å². The van der Waals surface area contributed by atoms with E-state index in [2.05, 4.69) is 15.3 Å². The molecule has 0 aliphatic rings. The maximum atomic E-state index is 13.1. The lowest BCUT2D eigenvalue weighted by Gasteiger charge is -2.01. The monoisotopic (exact) mass is 315 g/mol. The second-order valence-corrected chi connectivity index (χ2v) is 5.54. The number of H-pyrrole nitrogens is 1. The van der Waals surface area contributed by atoms with Crippen molar-refractivity contribution in [3.05, 3.63) is 39.0 Å². The van der Waals surface area contributed by atoms with Gasteiger partial charge >= 0.3 is 0 Å². The van der Waals surface area contributed by atoms with Gasteiger partial charge in [-0.2, -0.15) is 0 Å². The Morgan fingerprint density at radius 3 is 2.65 bits per heavy atom. The molecule has 0 bridgehead atoms. The van der Waals surface area contributed by atoms with E-state index in [9.17, 15) is 8.78 Å². The molecule has 0 spiro atoms. The van der Waals surface area contributed by atoms with Crippen LogP contribution in [0.4, 0.5) is 20.4 Å². The number of fused-ring (bicyclic) bond motifs is 1. The van der Waals surface area contributed by atoms with Crippen LogP contribution in [0.3, 0.4) is 0 Å². The zero-order chi connectivity index (χ0) is 13.6. The molecule has 0 amide bonds. The molecule has 0 atom stereocenters. The highest BCUT2D eigenvalue weighted by Gasteiger charge is 2.11. The summed E-state index contributed by atoms with van der Waals surface area (Å²) in [6.45, 7) is 1.91. The molecule has 0 unspecified atom stereocenters. The lowest BCUT2D eigenvalue weighted by Crippen LogP contribution is -1.92. The van der Waals surface area contributed by atoms with Crippen LogP contribution in [-0.4, -0.2) is 9.97 Å². The normalized spacial score (nSPS) is 10.6. The van der Waals surface area contributed by atoms with Gasteiger partial charge < -0.3 is 10.3 Å². The molecule has 7 heteroatoms. The highest BCUT2D eigenvalue weighted by molar-refractivity contribution is 7.15. The second kappa shape index (κ2) is 5.38. The first-order valence-corrected chi connectivity index (χ1v) is 6.65. The minimum atomic E-state index is -0.921. The number of thiophene rings is 1. The number of aromatic nitrogens is 2. The van der Waals surface area contributed by atoms with E-state index < -0.39 is 11.6 Å². The minimum absolute atomic E-state index is 0. The van der Waals surface area contributed by atoms with Gasteiger partial charge in [-0.05, 0) is 17.9 Å². The SMILES string of the molecule is C.Cc1csc(Cl)c1Nc1nc2cc(F)c(F)cc2[nH]1. The van der Waals surface area contributed by atoms with Gasteiger partial charge in [-0.15, -0.1) is 11.3 Å². The van der Waals surface area contributed by atoms with Gasteiger partial charge in [-0.3, -0.25) is 0 Å². The molecule has 0 saturated carbocycles. The third kappa shape index (κ3) is 2.48. The molecule has 3 aromatic rings. The summed E-state index contributed by atoms with van der Waals surface area (Å²) < 4.78 is 26.8. The number of imidazole rings is 1. The molecule has 3 rings (SSSR count). The van der Waals surface area contributed by atoms with E-state index in [4.69, 9.17) is 11.6 Å². The number of hydrogen-bond donors (Lipinski definition) is 2. The van der Waals surface area contributed by atoms with Crippen molar-refractivity contribution in [2.75, 3.05) is 5.32 Å². The molecule has 2 aromatic heterocycles. The summed E-state index contributed by atoms with van der Waals surface area (Å²) in [5.41, 5.74) is 2.50. The van der Waals surface area contributed by atoms with Gasteiger partial charge in [0, 0.05) is 12.1 Å². The van der Waals surface area contributed by atoms with Crippen molar-refractivity contribution in [1.82, 2.24) is 9.97 Å². The number of nitrogens with one attached hydrogen (secondary N) is 2. The second-order valence-electron chi connectivity index (χ2n) is 4.06. The third-order valence-corrected chi connectivity index (χ3v) is 4.04. The standard InChI is InChI=1S/C12H8ClF2N3S.CH4/c1-5-4-19-11(13)10(5)18-12-16-8-2-6(14)7(15)3-9(8)17-12;/h2-4H,1H3,(H2,16,17,18);1H4. The highest BCUT2D eigenvalue weighted by atomic mass is 35.5. The van der Waals surface area contributed by atoms with E-state index in [0.29, 0.717) is 21.3 Å². The summed E-state index contributed by atoms with van der Waals surface area (Å²) in [5.74, 6) is -1.44. The maximum Gasteiger partial charge on any atom is 0.205 e. The van der Waals surface area contributed by atoms with E-state index >= 15 is 0 Å². The molecule has 0 radical (unpaired) electrons. The molecule has 2 heterocycles. The Labute approximate surface area is 123 Å². The van der Waals surface area contributed by atoms with E-state index in [1.54, 1.807) is 0 Å². The maximum absolute atomic E-state index is 13.1. The fourth-order valence-corrected chi connectivity index (χ4v) is 2.80. The molecule has 3 nitrogen and oxygen atoms in total. The number of hydrogen-bond acceptors (Lipinski definition) is 3. The first-order valence-electron chi connectivity index (χ1n) is 5.40. The Bertz CT molecular complexity index is 708. The first kappa shape index (κ1) is 14.7. The van der Waals surface area contributed by atoms with Crippen LogP contribution in [0.25, 0.3) is 11.0 Å². The van der Waals surface area contributed by atoms with Crippen LogP contribution in [0.1, 0.15) is 13.0 Å². The van der Waals surface area contributed by atoms with Crippen molar-refractivity contribution in [3.8, 4) is 0 Å². The highest BCUT2D eigenvalue weighted by Crippen LogP contribution is 2.34. The van der Waals surface area contributed by atoms with Gasteiger partial charge in [0.25, 0.3) is 0 Å². The molecule has 106 valence electrons. The van der Waals surface area contributed by atoms with E-state index in [1.807, 2.05) is 12.3 Å². The zero-order valence-electron chi connectivity index (χ0n) is 9.72. The van der Waals surface area contributed by atoms with Crippen molar-refractivity contribution in [2.45, 2.75) is 14.4 Å². The molecular formula is C13H12ClF2N3S. The summed E-state index contributed by atoms with van der Waals surface area (Å²) in [6, 6.07) is 2.12. The minimum Gasteiger partial charge on any atom is -0.324 e. The Morgan fingerprint density at radius 1 is 1.30 bits per heavy atom. The quantitative estimate of drug-likeness (QED) is 0.678. The molecule has 2 N–H and O–H groups in total. The van der Waals surface area contributed by atoms with E-state index in [0.717, 1.165) is 23.4 Å². The number of rotatable bonds is 2. The molecular weight excluding hydrogens is 304 g/mol. The van der Waals surface area contributed by atoms with Gasteiger partial charge in [0.15, 0.2) is 11.6 Å². The van der Waals surface area contributed by atoms with Crippen LogP contribution >= 0.6 is 22.9 Å². The fraction of sp³-hybridized carbons (Fsp3) is 0.154. The summed E-state index contributed by atoms with van der Waals surface area (Å²) in [4.78, 5) is 7.02. The molecule has 20 heavy (non-hydrogen) atoms. The Hall–Kier alpha value is -1.66. The third-order valence-electron chi connectivity index (χ3n) is 2.70. The number of aryl methyl sites for hydroxylation is 1. The van der Waals surface area contributed by atoms with Crippen LogP contribution in [0.2, 0.25) is 4.34 Å². The summed E-state index contributed by atoms with van der Waals surface area (Å²) in [7, 11) is 0. The Morgan fingerprint density at radius 2 is 2.00 bits per heavy atom. The summed E-state index contributed by atoms with van der Waals surface area (Å²) >= 11 is 7.44. The fourth-order valence-electron chi connectivity index (χ4n) is 1.74. The van der Waals surface area contributed by atoms with Crippen LogP contribution in [0.15, 0.2) is 17.5 Å². The van der Waals surface area contributed by atoms with Crippen LogP contribution < -0.4 is 5.32 Å². The van der Waals surface area contributed by atoms with Crippen LogP contribution in [0.5, 0.6) is 0 Å². The van der Waals surface area contributed by atoms with Crippen molar-refractivity contribution in [2.24, 2.45) is 0 Å². The van der Waals surface area contributed by atoms with Crippen molar-refractivity contribution >= 4 is 45.6 Å². The van der Waals surface area contributed by atoms with Gasteiger partial charge in [0.1, 0.15) is 4.34 Å². The summed E-state index contributed by atoms with van der Waals surface area (Å²) in [6.07, 6.45) is 0. The van der Waals surface area contributed by atoms with E-state index in [1.165, 1.54) is 11.3 Å². The Kier molecular flexibility index (Phi) is 3.96. The largest absolute Gasteiger partial charge is 0.324 e. The molecule has 0 aliphatic heterocycles. The molecule has 0 aliphatic carbocycles. The Balaban J connectivity index is 0.00000147. The van der Waals surface area contributed by atoms with Gasteiger partial charge in [0.05, 0.1) is 16.7 Å². The molecule has 0 saturated heterocycles. The van der Waals surface area contributed by atoms with Crippen LogP contribution in [-0.2, 0) is 0 Å². The smallest absolute Gasteiger partial charge is 0.205 e. The average Bonchev–Trinajstić information content (AvgIpc) is 2.88.